The number of carbonyl (C=O) groups is 2. The lowest BCUT2D eigenvalue weighted by Crippen LogP contribution is -2.45. The quantitative estimate of drug-likeness (QED) is 0.757. The van der Waals surface area contributed by atoms with E-state index in [4.69, 9.17) is 4.74 Å². The van der Waals surface area contributed by atoms with Crippen molar-refractivity contribution in [2.45, 2.75) is 55.9 Å². The summed E-state index contributed by atoms with van der Waals surface area (Å²) in [6, 6.07) is -0.679. The molecule has 124 valence electrons. The molecule has 2 bridgehead atoms. The van der Waals surface area contributed by atoms with Crippen LogP contribution in [-0.4, -0.2) is 54.2 Å². The number of hydrogen-bond donors (Lipinski definition) is 1. The van der Waals surface area contributed by atoms with Gasteiger partial charge in [0, 0.05) is 12.1 Å². The van der Waals surface area contributed by atoms with Gasteiger partial charge >= 0.3 is 11.9 Å². The van der Waals surface area contributed by atoms with Gasteiger partial charge in [0.25, 0.3) is 0 Å². The summed E-state index contributed by atoms with van der Waals surface area (Å²) in [6.45, 7) is 0. The van der Waals surface area contributed by atoms with Crippen molar-refractivity contribution in [3.8, 4) is 0 Å². The normalized spacial score (nSPS) is 38.3. The van der Waals surface area contributed by atoms with E-state index in [0.717, 1.165) is 0 Å². The van der Waals surface area contributed by atoms with E-state index in [1.165, 1.54) is 11.4 Å². The van der Waals surface area contributed by atoms with Crippen molar-refractivity contribution in [2.75, 3.05) is 7.11 Å². The number of nitrogens with zero attached hydrogens (tertiary/aromatic N) is 1. The summed E-state index contributed by atoms with van der Waals surface area (Å²) >= 11 is 0. The van der Waals surface area contributed by atoms with E-state index in [9.17, 15) is 23.1 Å². The molecule has 3 aliphatic rings. The molecule has 7 nitrogen and oxygen atoms in total. The first-order valence-electron chi connectivity index (χ1n) is 7.71. The highest BCUT2D eigenvalue weighted by Gasteiger charge is 2.57. The van der Waals surface area contributed by atoms with Gasteiger partial charge in [-0.25, -0.2) is 8.42 Å². The van der Waals surface area contributed by atoms with E-state index in [-0.39, 0.29) is 6.04 Å². The number of carbonyl (C=O) groups excluding carboxylic acids is 1. The first-order chi connectivity index (χ1) is 10.4. The van der Waals surface area contributed by atoms with Crippen LogP contribution in [-0.2, 0) is 24.3 Å². The van der Waals surface area contributed by atoms with Crippen molar-refractivity contribution in [3.05, 3.63) is 0 Å². The summed E-state index contributed by atoms with van der Waals surface area (Å²) < 4.78 is 32.2. The lowest BCUT2D eigenvalue weighted by Gasteiger charge is -2.28. The van der Waals surface area contributed by atoms with Crippen LogP contribution in [0.4, 0.5) is 0 Å². The molecule has 0 aromatic carbocycles. The molecule has 1 aliphatic carbocycles. The van der Waals surface area contributed by atoms with Gasteiger partial charge in [-0.2, -0.15) is 4.31 Å². The summed E-state index contributed by atoms with van der Waals surface area (Å²) in [6.07, 6.45) is 3.32. The SMILES string of the molecule is COC(=O)C1CCCC1S(=O)(=O)N1C2CCC1C(C(=O)O)C2. The Morgan fingerprint density at radius 2 is 1.86 bits per heavy atom. The second-order valence-corrected chi connectivity index (χ2v) is 8.51. The molecule has 22 heavy (non-hydrogen) atoms. The average molecular weight is 331 g/mol. The number of carboxylic acids is 1. The van der Waals surface area contributed by atoms with Gasteiger partial charge in [0.1, 0.15) is 0 Å². The van der Waals surface area contributed by atoms with E-state index in [1.807, 2.05) is 0 Å². The Hall–Kier alpha value is -1.15. The fourth-order valence-electron chi connectivity index (χ4n) is 4.46. The molecule has 0 aromatic rings. The lowest BCUT2D eigenvalue weighted by molar-refractivity contribution is -0.145. The fourth-order valence-corrected chi connectivity index (χ4v) is 7.14. The van der Waals surface area contributed by atoms with E-state index in [0.29, 0.717) is 38.5 Å². The predicted octanol–water partition coefficient (Wildman–Crippen LogP) is 0.595. The highest BCUT2D eigenvalue weighted by atomic mass is 32.2. The zero-order chi connectivity index (χ0) is 16.1. The van der Waals surface area contributed by atoms with Crippen LogP contribution >= 0.6 is 0 Å². The van der Waals surface area contributed by atoms with Crippen LogP contribution in [0.1, 0.15) is 38.5 Å². The minimum absolute atomic E-state index is 0.227. The summed E-state index contributed by atoms with van der Waals surface area (Å²) in [4.78, 5) is 23.1. The Labute approximate surface area is 129 Å². The third-order valence-corrected chi connectivity index (χ3v) is 7.91. The largest absolute Gasteiger partial charge is 0.481 e. The zero-order valence-corrected chi connectivity index (χ0v) is 13.3. The first-order valence-corrected chi connectivity index (χ1v) is 9.21. The number of ether oxygens (including phenoxy) is 1. The van der Waals surface area contributed by atoms with Gasteiger partial charge < -0.3 is 9.84 Å². The van der Waals surface area contributed by atoms with E-state index in [1.54, 1.807) is 0 Å². The lowest BCUT2D eigenvalue weighted by atomic mass is 9.89. The highest BCUT2D eigenvalue weighted by molar-refractivity contribution is 7.89. The summed E-state index contributed by atoms with van der Waals surface area (Å²) in [7, 11) is -2.41. The molecule has 0 radical (unpaired) electrons. The topological polar surface area (TPSA) is 101 Å². The Kier molecular flexibility index (Phi) is 3.92. The first kappa shape index (κ1) is 15.7. The standard InChI is InChI=1S/C14H21NO6S/c1-21-14(18)9-3-2-4-12(9)22(19,20)15-8-5-6-11(15)10(7-8)13(16)17/h8-12H,2-7H2,1H3,(H,16,17). The number of hydrogen-bond acceptors (Lipinski definition) is 5. The van der Waals surface area contributed by atoms with Gasteiger partial charge in [-0.05, 0) is 32.1 Å². The molecule has 0 amide bonds. The van der Waals surface area contributed by atoms with E-state index in [2.05, 4.69) is 0 Å². The molecule has 2 saturated heterocycles. The Balaban J connectivity index is 1.88. The smallest absolute Gasteiger partial charge is 0.310 e. The molecule has 3 fully saturated rings. The number of carboxylic acid groups (broad SMARTS) is 1. The molecule has 3 rings (SSSR count). The number of methoxy groups -OCH3 is 1. The fraction of sp³-hybridized carbons (Fsp3) is 0.857. The maximum absolute atomic E-state index is 13.0. The molecule has 1 saturated carbocycles. The van der Waals surface area contributed by atoms with Gasteiger partial charge in [-0.15, -0.1) is 0 Å². The average Bonchev–Trinajstić information content (AvgIpc) is 3.19. The number of rotatable bonds is 4. The van der Waals surface area contributed by atoms with Crippen molar-refractivity contribution in [2.24, 2.45) is 11.8 Å². The molecule has 5 unspecified atom stereocenters. The van der Waals surface area contributed by atoms with Crippen molar-refractivity contribution >= 4 is 22.0 Å². The van der Waals surface area contributed by atoms with E-state index >= 15 is 0 Å². The molecule has 0 spiro atoms. The third kappa shape index (κ3) is 2.23. The zero-order valence-electron chi connectivity index (χ0n) is 12.5. The Bertz CT molecular complexity index is 588. The minimum Gasteiger partial charge on any atom is -0.481 e. The van der Waals surface area contributed by atoms with Crippen LogP contribution in [0.25, 0.3) is 0 Å². The van der Waals surface area contributed by atoms with Crippen LogP contribution < -0.4 is 0 Å². The predicted molar refractivity (Wildman–Crippen MR) is 76.5 cm³/mol. The van der Waals surface area contributed by atoms with Crippen molar-refractivity contribution < 1.29 is 27.9 Å². The molecular formula is C14H21NO6S. The number of fused-ring (bicyclic) bond motifs is 2. The summed E-state index contributed by atoms with van der Waals surface area (Å²) in [5.74, 6) is -2.65. The van der Waals surface area contributed by atoms with Crippen LogP contribution in [0, 0.1) is 11.8 Å². The molecule has 2 heterocycles. The molecule has 1 N–H and O–H groups in total. The minimum atomic E-state index is -3.68. The summed E-state index contributed by atoms with van der Waals surface area (Å²) in [5.41, 5.74) is 0. The van der Waals surface area contributed by atoms with E-state index < -0.39 is 45.1 Å². The van der Waals surface area contributed by atoms with Gasteiger partial charge in [0.2, 0.25) is 10.0 Å². The second kappa shape index (κ2) is 5.49. The van der Waals surface area contributed by atoms with Crippen LogP contribution in [0.2, 0.25) is 0 Å². The number of aliphatic carboxylic acids is 1. The Morgan fingerprint density at radius 1 is 1.14 bits per heavy atom. The highest BCUT2D eigenvalue weighted by Crippen LogP contribution is 2.46. The summed E-state index contributed by atoms with van der Waals surface area (Å²) in [5, 5.41) is 8.50. The van der Waals surface area contributed by atoms with Crippen LogP contribution in [0.5, 0.6) is 0 Å². The third-order valence-electron chi connectivity index (χ3n) is 5.42. The molecular weight excluding hydrogens is 310 g/mol. The maximum Gasteiger partial charge on any atom is 0.310 e. The number of sulfonamides is 1. The van der Waals surface area contributed by atoms with Gasteiger partial charge in [0.05, 0.1) is 24.2 Å². The van der Waals surface area contributed by atoms with Crippen molar-refractivity contribution in [1.29, 1.82) is 0 Å². The number of esters is 1. The molecule has 0 aromatic heterocycles. The Morgan fingerprint density at radius 3 is 2.45 bits per heavy atom. The molecule has 2 aliphatic heterocycles. The maximum atomic E-state index is 13.0. The van der Waals surface area contributed by atoms with Gasteiger partial charge in [0.15, 0.2) is 0 Å². The second-order valence-electron chi connectivity index (χ2n) is 6.45. The van der Waals surface area contributed by atoms with Crippen LogP contribution in [0.15, 0.2) is 0 Å². The molecule has 8 heteroatoms. The van der Waals surface area contributed by atoms with Gasteiger partial charge in [-0.3, -0.25) is 9.59 Å². The van der Waals surface area contributed by atoms with Crippen molar-refractivity contribution in [1.82, 2.24) is 4.31 Å². The molecule has 5 atom stereocenters. The van der Waals surface area contributed by atoms with Crippen LogP contribution in [0.3, 0.4) is 0 Å². The monoisotopic (exact) mass is 331 g/mol. The van der Waals surface area contributed by atoms with Crippen molar-refractivity contribution in [3.63, 3.8) is 0 Å². The van der Waals surface area contributed by atoms with Gasteiger partial charge in [-0.1, -0.05) is 6.42 Å².